The maximum absolute atomic E-state index is 14.7. The highest BCUT2D eigenvalue weighted by atomic mass is 35.5. The predicted octanol–water partition coefficient (Wildman–Crippen LogP) is 4.59. The Hall–Kier alpha value is -1.92. The summed E-state index contributed by atoms with van der Waals surface area (Å²) in [6.45, 7) is 4.04. The molecule has 0 aliphatic carbocycles. The summed E-state index contributed by atoms with van der Waals surface area (Å²) in [6, 6.07) is 3.29. The van der Waals surface area contributed by atoms with Crippen molar-refractivity contribution in [2.75, 3.05) is 19.0 Å². The van der Waals surface area contributed by atoms with E-state index >= 15 is 0 Å². The van der Waals surface area contributed by atoms with Crippen molar-refractivity contribution in [3.63, 3.8) is 0 Å². The molecule has 0 saturated heterocycles. The van der Waals surface area contributed by atoms with Crippen LogP contribution < -0.4 is 4.90 Å². The van der Waals surface area contributed by atoms with Crippen LogP contribution in [-0.2, 0) is 0 Å². The molecule has 5 nitrogen and oxygen atoms in total. The third kappa shape index (κ3) is 2.80. The Morgan fingerprint density at radius 3 is 2.50 bits per heavy atom. The zero-order chi connectivity index (χ0) is 17.6. The Morgan fingerprint density at radius 2 is 1.88 bits per heavy atom. The lowest BCUT2D eigenvalue weighted by Crippen LogP contribution is -2.16. The molecular formula is C16H16Cl2FN5. The zero-order valence-corrected chi connectivity index (χ0v) is 15.2. The molecule has 0 aliphatic heterocycles. The van der Waals surface area contributed by atoms with E-state index in [1.54, 1.807) is 0 Å². The second kappa shape index (κ2) is 6.18. The first-order valence-electron chi connectivity index (χ1n) is 7.36. The Balaban J connectivity index is 2.33. The molecule has 0 bridgehead atoms. The maximum Gasteiger partial charge on any atom is 0.222 e. The minimum Gasteiger partial charge on any atom is -0.348 e. The molecule has 0 amide bonds. The second-order valence-electron chi connectivity index (χ2n) is 5.93. The molecule has 8 heteroatoms. The highest BCUT2D eigenvalue weighted by Crippen LogP contribution is 2.33. The summed E-state index contributed by atoms with van der Waals surface area (Å²) < 4.78 is 16.6. The van der Waals surface area contributed by atoms with E-state index in [0.29, 0.717) is 33.3 Å². The Bertz CT molecular complexity index is 920. The number of fused-ring (bicyclic) bond motifs is 1. The molecular weight excluding hydrogens is 352 g/mol. The van der Waals surface area contributed by atoms with Crippen LogP contribution in [0.4, 0.5) is 10.3 Å². The van der Waals surface area contributed by atoms with Crippen molar-refractivity contribution in [2.45, 2.75) is 19.9 Å². The molecule has 3 aromatic rings. The van der Waals surface area contributed by atoms with Crippen LogP contribution in [0.2, 0.25) is 10.3 Å². The van der Waals surface area contributed by atoms with Crippen LogP contribution in [-0.4, -0.2) is 33.6 Å². The minimum absolute atomic E-state index is 0.0567. The van der Waals surface area contributed by atoms with Crippen LogP contribution >= 0.6 is 23.2 Å². The van der Waals surface area contributed by atoms with E-state index in [4.69, 9.17) is 23.2 Å². The average molecular weight is 368 g/mol. The van der Waals surface area contributed by atoms with Gasteiger partial charge < -0.3 is 9.47 Å². The number of nitrogens with zero attached hydrogens (tertiary/aromatic N) is 5. The monoisotopic (exact) mass is 367 g/mol. The molecule has 2 heterocycles. The fourth-order valence-corrected chi connectivity index (χ4v) is 2.98. The number of hydrogen-bond donors (Lipinski definition) is 0. The normalized spacial score (nSPS) is 11.5. The van der Waals surface area contributed by atoms with E-state index in [-0.39, 0.29) is 11.3 Å². The number of halogens is 3. The predicted molar refractivity (Wildman–Crippen MR) is 95.4 cm³/mol. The number of rotatable bonds is 3. The van der Waals surface area contributed by atoms with E-state index in [2.05, 4.69) is 15.0 Å². The van der Waals surface area contributed by atoms with Crippen LogP contribution in [0.15, 0.2) is 18.3 Å². The van der Waals surface area contributed by atoms with Gasteiger partial charge in [0.25, 0.3) is 0 Å². The van der Waals surface area contributed by atoms with Crippen molar-refractivity contribution >= 4 is 40.2 Å². The van der Waals surface area contributed by atoms with Gasteiger partial charge in [0.05, 0.1) is 22.4 Å². The molecule has 3 rings (SSSR count). The van der Waals surface area contributed by atoms with Gasteiger partial charge in [-0.25, -0.2) is 19.3 Å². The van der Waals surface area contributed by atoms with Gasteiger partial charge in [-0.2, -0.15) is 0 Å². The van der Waals surface area contributed by atoms with E-state index < -0.39 is 5.82 Å². The molecule has 126 valence electrons. The molecule has 0 atom stereocenters. The molecule has 0 fully saturated rings. The molecule has 0 N–H and O–H groups in total. The first kappa shape index (κ1) is 16.9. The third-order valence-electron chi connectivity index (χ3n) is 3.63. The van der Waals surface area contributed by atoms with Gasteiger partial charge in [0.2, 0.25) is 11.2 Å². The molecule has 24 heavy (non-hydrogen) atoms. The van der Waals surface area contributed by atoms with Crippen LogP contribution in [0, 0.1) is 5.82 Å². The molecule has 0 unspecified atom stereocenters. The van der Waals surface area contributed by atoms with E-state index in [9.17, 15) is 4.39 Å². The van der Waals surface area contributed by atoms with Gasteiger partial charge in [-0.3, -0.25) is 0 Å². The van der Waals surface area contributed by atoms with E-state index in [0.717, 1.165) is 0 Å². The Morgan fingerprint density at radius 1 is 1.17 bits per heavy atom. The summed E-state index contributed by atoms with van der Waals surface area (Å²) in [4.78, 5) is 14.2. The standard InChI is InChI=1S/C16H16Cl2FN5/c1-8(2)24-12-6-9(13-10(17)7-20-15(18)21-13)5-11(19)14(12)22-16(24)23(3)4/h5-8H,1-4H3. The Kier molecular flexibility index (Phi) is 4.36. The van der Waals surface area contributed by atoms with Gasteiger partial charge in [0.1, 0.15) is 5.52 Å². The van der Waals surface area contributed by atoms with Crippen LogP contribution in [0.1, 0.15) is 19.9 Å². The summed E-state index contributed by atoms with van der Waals surface area (Å²) >= 11 is 12.0. The molecule has 0 radical (unpaired) electrons. The van der Waals surface area contributed by atoms with Crippen molar-refractivity contribution < 1.29 is 4.39 Å². The van der Waals surface area contributed by atoms with Gasteiger partial charge in [-0.1, -0.05) is 11.6 Å². The van der Waals surface area contributed by atoms with Crippen molar-refractivity contribution in [3.05, 3.63) is 34.5 Å². The van der Waals surface area contributed by atoms with Gasteiger partial charge in [0.15, 0.2) is 5.82 Å². The lowest BCUT2D eigenvalue weighted by atomic mass is 10.1. The molecule has 0 saturated carbocycles. The highest BCUT2D eigenvalue weighted by molar-refractivity contribution is 6.33. The topological polar surface area (TPSA) is 46.8 Å². The molecule has 2 aromatic heterocycles. The SMILES string of the molecule is CC(C)n1c(N(C)C)nc2c(F)cc(-c3nc(Cl)ncc3Cl)cc21. The summed E-state index contributed by atoms with van der Waals surface area (Å²) in [7, 11) is 3.75. The quantitative estimate of drug-likeness (QED) is 0.635. The van der Waals surface area contributed by atoms with Crippen molar-refractivity contribution in [1.29, 1.82) is 0 Å². The van der Waals surface area contributed by atoms with Gasteiger partial charge in [-0.05, 0) is 37.6 Å². The van der Waals surface area contributed by atoms with Gasteiger partial charge >= 0.3 is 0 Å². The van der Waals surface area contributed by atoms with E-state index in [1.807, 2.05) is 43.5 Å². The highest BCUT2D eigenvalue weighted by Gasteiger charge is 2.20. The number of imidazole rings is 1. The van der Waals surface area contributed by atoms with Gasteiger partial charge in [-0.15, -0.1) is 0 Å². The fourth-order valence-electron chi connectivity index (χ4n) is 2.65. The minimum atomic E-state index is -0.434. The lowest BCUT2D eigenvalue weighted by Gasteiger charge is -2.18. The first-order valence-corrected chi connectivity index (χ1v) is 8.12. The summed E-state index contributed by atoms with van der Waals surface area (Å²) in [6.07, 6.45) is 1.40. The number of aromatic nitrogens is 4. The lowest BCUT2D eigenvalue weighted by molar-refractivity contribution is 0.614. The largest absolute Gasteiger partial charge is 0.348 e. The summed E-state index contributed by atoms with van der Waals surface area (Å²) in [5.41, 5.74) is 1.91. The summed E-state index contributed by atoms with van der Waals surface area (Å²) in [5.74, 6) is 0.249. The van der Waals surface area contributed by atoms with Crippen LogP contribution in [0.25, 0.3) is 22.3 Å². The third-order valence-corrected chi connectivity index (χ3v) is 4.09. The van der Waals surface area contributed by atoms with Crippen molar-refractivity contribution in [1.82, 2.24) is 19.5 Å². The first-order chi connectivity index (χ1) is 11.3. The summed E-state index contributed by atoms with van der Waals surface area (Å²) in [5, 5.41) is 0.364. The Labute approximate surface area is 149 Å². The fraction of sp³-hybridized carbons (Fsp3) is 0.312. The zero-order valence-electron chi connectivity index (χ0n) is 13.7. The van der Waals surface area contributed by atoms with Crippen molar-refractivity contribution in [2.24, 2.45) is 0 Å². The number of hydrogen-bond acceptors (Lipinski definition) is 4. The van der Waals surface area contributed by atoms with Crippen LogP contribution in [0.5, 0.6) is 0 Å². The molecule has 0 aliphatic rings. The molecule has 1 aromatic carbocycles. The molecule has 0 spiro atoms. The number of benzene rings is 1. The van der Waals surface area contributed by atoms with Gasteiger partial charge in [0, 0.05) is 25.7 Å². The number of anilines is 1. The smallest absolute Gasteiger partial charge is 0.222 e. The second-order valence-corrected chi connectivity index (χ2v) is 6.68. The van der Waals surface area contributed by atoms with Crippen LogP contribution in [0.3, 0.4) is 0 Å². The van der Waals surface area contributed by atoms with Crippen molar-refractivity contribution in [3.8, 4) is 11.3 Å². The van der Waals surface area contributed by atoms with E-state index in [1.165, 1.54) is 12.3 Å². The average Bonchev–Trinajstić information content (AvgIpc) is 2.90. The maximum atomic E-state index is 14.7.